The molecule has 7 heteroatoms. The van der Waals surface area contributed by atoms with Crippen molar-refractivity contribution in [3.63, 3.8) is 0 Å². The van der Waals surface area contributed by atoms with Crippen LogP contribution in [0.15, 0.2) is 15.5 Å². The van der Waals surface area contributed by atoms with Gasteiger partial charge in [0.25, 0.3) is 0 Å². The maximum atomic E-state index is 8.93. The average Bonchev–Trinajstić information content (AvgIpc) is 2.13. The minimum atomic E-state index is -0.700. The number of nitrogens with one attached hydrogen (secondary N) is 1. The fourth-order valence-electron chi connectivity index (χ4n) is 2.04. The summed E-state index contributed by atoms with van der Waals surface area (Å²) in [6, 6.07) is 0. The fourth-order valence-corrected chi connectivity index (χ4v) is 2.04. The number of nitrogens with zero attached hydrogens (tertiary/aromatic N) is 3. The molecular weight excluding hydrogens is 212 g/mol. The molecule has 90 valence electrons. The first kappa shape index (κ1) is 12.4. The molecule has 0 amide bonds. The molecule has 1 rings (SSSR count). The van der Waals surface area contributed by atoms with Gasteiger partial charge in [0, 0.05) is 0 Å². The van der Waals surface area contributed by atoms with Gasteiger partial charge in [-0.3, -0.25) is 5.32 Å². The average molecular weight is 228 g/mol. The molecule has 1 fully saturated rings. The molecular formula is C9H16N4O3. The van der Waals surface area contributed by atoms with Gasteiger partial charge in [0.1, 0.15) is 11.4 Å². The molecule has 4 N–H and O–H groups in total. The molecule has 0 aromatic carbocycles. The maximum Gasteiger partial charge on any atom is 0.156 e. The Hall–Kier alpha value is -1.63. The van der Waals surface area contributed by atoms with E-state index in [1.54, 1.807) is 27.7 Å². The lowest BCUT2D eigenvalue weighted by Gasteiger charge is -2.42. The van der Waals surface area contributed by atoms with Gasteiger partial charge in [0.2, 0.25) is 0 Å². The number of rotatable bonds is 0. The van der Waals surface area contributed by atoms with Gasteiger partial charge in [-0.25, -0.2) is 0 Å². The first-order valence-corrected chi connectivity index (χ1v) is 4.77. The van der Waals surface area contributed by atoms with E-state index in [4.69, 9.17) is 15.6 Å². The van der Waals surface area contributed by atoms with Crippen LogP contribution in [0.5, 0.6) is 0 Å². The van der Waals surface area contributed by atoms with E-state index >= 15 is 0 Å². The fraction of sp³-hybridized carbons (Fsp3) is 0.667. The van der Waals surface area contributed by atoms with E-state index in [0.717, 1.165) is 0 Å². The van der Waals surface area contributed by atoms with E-state index in [1.807, 2.05) is 0 Å². The van der Waals surface area contributed by atoms with Gasteiger partial charge in [-0.05, 0) is 27.7 Å². The summed E-state index contributed by atoms with van der Waals surface area (Å²) in [5.74, 6) is 0. The number of hydrogen-bond acceptors (Lipinski definition) is 7. The second-order valence-corrected chi connectivity index (χ2v) is 4.72. The van der Waals surface area contributed by atoms with Crippen molar-refractivity contribution in [1.82, 2.24) is 5.32 Å². The molecule has 0 aromatic heterocycles. The Bertz CT molecular complexity index is 350. The predicted molar refractivity (Wildman–Crippen MR) is 59.0 cm³/mol. The summed E-state index contributed by atoms with van der Waals surface area (Å²) >= 11 is 0. The van der Waals surface area contributed by atoms with E-state index in [1.165, 1.54) is 0 Å². The zero-order valence-corrected chi connectivity index (χ0v) is 9.68. The van der Waals surface area contributed by atoms with Crippen molar-refractivity contribution in [3.05, 3.63) is 0 Å². The summed E-state index contributed by atoms with van der Waals surface area (Å²) in [6.45, 7) is 7.07. The Balaban J connectivity index is 3.41. The molecule has 0 bridgehead atoms. The van der Waals surface area contributed by atoms with Crippen molar-refractivity contribution in [1.29, 1.82) is 0 Å². The number of oxime groups is 3. The van der Waals surface area contributed by atoms with Gasteiger partial charge < -0.3 is 15.6 Å². The molecule has 7 nitrogen and oxygen atoms in total. The lowest BCUT2D eigenvalue weighted by atomic mass is 9.78. The van der Waals surface area contributed by atoms with Crippen LogP contribution in [0, 0.1) is 0 Å². The third kappa shape index (κ3) is 1.73. The van der Waals surface area contributed by atoms with Crippen LogP contribution in [0.2, 0.25) is 0 Å². The van der Waals surface area contributed by atoms with Gasteiger partial charge in [0.05, 0.1) is 11.1 Å². The monoisotopic (exact) mass is 228 g/mol. The Morgan fingerprint density at radius 2 is 1.19 bits per heavy atom. The largest absolute Gasteiger partial charge is 0.411 e. The molecule has 1 aliphatic rings. The normalized spacial score (nSPS) is 31.1. The highest BCUT2D eigenvalue weighted by Gasteiger charge is 2.47. The molecule has 0 spiro atoms. The third-order valence-electron chi connectivity index (χ3n) is 2.56. The van der Waals surface area contributed by atoms with Gasteiger partial charge in [-0.1, -0.05) is 15.5 Å². The van der Waals surface area contributed by atoms with Crippen LogP contribution in [0.4, 0.5) is 0 Å². The summed E-state index contributed by atoms with van der Waals surface area (Å²) in [5.41, 5.74) is -1.20. The summed E-state index contributed by atoms with van der Waals surface area (Å²) < 4.78 is 0. The highest BCUT2D eigenvalue weighted by Crippen LogP contribution is 2.23. The smallest absolute Gasteiger partial charge is 0.156 e. The van der Waals surface area contributed by atoms with Gasteiger partial charge in [-0.2, -0.15) is 0 Å². The third-order valence-corrected chi connectivity index (χ3v) is 2.56. The van der Waals surface area contributed by atoms with Crippen molar-refractivity contribution >= 4 is 17.1 Å². The van der Waals surface area contributed by atoms with Crippen LogP contribution >= 0.6 is 0 Å². The molecule has 0 saturated carbocycles. The predicted octanol–water partition coefficient (Wildman–Crippen LogP) is 0.637. The van der Waals surface area contributed by atoms with Gasteiger partial charge >= 0.3 is 0 Å². The molecule has 1 aliphatic heterocycles. The van der Waals surface area contributed by atoms with E-state index in [0.29, 0.717) is 0 Å². The van der Waals surface area contributed by atoms with E-state index < -0.39 is 11.1 Å². The molecule has 0 atom stereocenters. The highest BCUT2D eigenvalue weighted by molar-refractivity contribution is 6.72. The highest BCUT2D eigenvalue weighted by atomic mass is 16.4. The van der Waals surface area contributed by atoms with Crippen LogP contribution in [0.1, 0.15) is 27.7 Å². The first-order chi connectivity index (χ1) is 7.30. The standard InChI is InChI=1S/C9H16N4O3/c1-8(2)6(11-15)5(10-14)7(12-16)9(3,4)13-8/h13-16H,1-4H3/b10-5?,11-6-,12-7+. The molecule has 1 saturated heterocycles. The Morgan fingerprint density at radius 1 is 0.812 bits per heavy atom. The van der Waals surface area contributed by atoms with E-state index in [2.05, 4.69) is 20.8 Å². The van der Waals surface area contributed by atoms with Crippen molar-refractivity contribution < 1.29 is 15.6 Å². The maximum absolute atomic E-state index is 8.93. The minimum absolute atomic E-state index is 0.0289. The summed E-state index contributed by atoms with van der Waals surface area (Å²) in [4.78, 5) is 0. The van der Waals surface area contributed by atoms with Crippen LogP contribution in [-0.4, -0.2) is 43.8 Å². The van der Waals surface area contributed by atoms with Crippen LogP contribution in [0.25, 0.3) is 0 Å². The van der Waals surface area contributed by atoms with Crippen LogP contribution < -0.4 is 5.32 Å². The molecule has 1 heterocycles. The van der Waals surface area contributed by atoms with Gasteiger partial charge in [0.15, 0.2) is 5.71 Å². The quantitative estimate of drug-likeness (QED) is 0.360. The second kappa shape index (κ2) is 3.75. The zero-order valence-electron chi connectivity index (χ0n) is 9.68. The summed E-state index contributed by atoms with van der Waals surface area (Å²) in [6.07, 6.45) is 0. The second-order valence-electron chi connectivity index (χ2n) is 4.72. The minimum Gasteiger partial charge on any atom is -0.411 e. The number of piperidine rings is 1. The summed E-state index contributed by atoms with van der Waals surface area (Å²) in [7, 11) is 0. The Labute approximate surface area is 93.1 Å². The van der Waals surface area contributed by atoms with E-state index in [9.17, 15) is 0 Å². The molecule has 0 aliphatic carbocycles. The van der Waals surface area contributed by atoms with Crippen molar-refractivity contribution in [3.8, 4) is 0 Å². The molecule has 0 unspecified atom stereocenters. The SMILES string of the molecule is CC1(C)NC(C)(C)/C(=N\O)C(=NO)/C1=N\O. The summed E-state index contributed by atoms with van der Waals surface area (Å²) in [5, 5.41) is 39.1. The molecule has 0 aromatic rings. The Morgan fingerprint density at radius 3 is 1.44 bits per heavy atom. The first-order valence-electron chi connectivity index (χ1n) is 4.77. The van der Waals surface area contributed by atoms with Crippen molar-refractivity contribution in [2.24, 2.45) is 15.5 Å². The Kier molecular flexibility index (Phi) is 2.91. The van der Waals surface area contributed by atoms with Gasteiger partial charge in [-0.15, -0.1) is 0 Å². The lowest BCUT2D eigenvalue weighted by Crippen LogP contribution is -2.69. The lowest BCUT2D eigenvalue weighted by molar-refractivity contribution is 0.291. The van der Waals surface area contributed by atoms with Crippen molar-refractivity contribution in [2.45, 2.75) is 38.8 Å². The van der Waals surface area contributed by atoms with Crippen LogP contribution in [-0.2, 0) is 0 Å². The van der Waals surface area contributed by atoms with Crippen molar-refractivity contribution in [2.75, 3.05) is 0 Å². The molecule has 16 heavy (non-hydrogen) atoms. The molecule has 0 radical (unpaired) electrons. The van der Waals surface area contributed by atoms with Crippen LogP contribution in [0.3, 0.4) is 0 Å². The van der Waals surface area contributed by atoms with E-state index in [-0.39, 0.29) is 17.1 Å². The topological polar surface area (TPSA) is 110 Å². The zero-order chi connectivity index (χ0) is 12.6. The number of hydrogen-bond donors (Lipinski definition) is 4.